The van der Waals surface area contributed by atoms with Gasteiger partial charge in [-0.3, -0.25) is 9.59 Å². The molecule has 0 aromatic rings. The lowest BCUT2D eigenvalue weighted by molar-refractivity contribution is -0.153. The molecule has 102 valence electrons. The summed E-state index contributed by atoms with van der Waals surface area (Å²) in [4.78, 5) is 25.4. The molecule has 1 aliphatic carbocycles. The maximum atomic E-state index is 12.2. The van der Waals surface area contributed by atoms with Crippen molar-refractivity contribution in [2.45, 2.75) is 38.5 Å². The first-order chi connectivity index (χ1) is 8.57. The lowest BCUT2D eigenvalue weighted by Gasteiger charge is -2.26. The lowest BCUT2D eigenvalue weighted by Crippen LogP contribution is -2.37. The van der Waals surface area contributed by atoms with Crippen molar-refractivity contribution in [2.75, 3.05) is 19.6 Å². The fourth-order valence-electron chi connectivity index (χ4n) is 3.17. The molecule has 0 aromatic heterocycles. The van der Waals surface area contributed by atoms with Crippen molar-refractivity contribution in [2.24, 2.45) is 17.1 Å². The zero-order valence-electron chi connectivity index (χ0n) is 10.7. The summed E-state index contributed by atoms with van der Waals surface area (Å²) in [7, 11) is 0. The highest BCUT2D eigenvalue weighted by Crippen LogP contribution is 2.42. The van der Waals surface area contributed by atoms with Crippen LogP contribution < -0.4 is 5.73 Å². The second-order valence-electron chi connectivity index (χ2n) is 5.70. The van der Waals surface area contributed by atoms with Crippen molar-refractivity contribution >= 4 is 11.9 Å². The van der Waals surface area contributed by atoms with E-state index in [0.29, 0.717) is 31.8 Å². The predicted molar refractivity (Wildman–Crippen MR) is 66.9 cm³/mol. The summed E-state index contributed by atoms with van der Waals surface area (Å²) in [5.74, 6) is -0.420. The first-order valence-corrected chi connectivity index (χ1v) is 6.79. The molecule has 0 bridgehead atoms. The summed E-state index contributed by atoms with van der Waals surface area (Å²) < 4.78 is 0. The van der Waals surface area contributed by atoms with Gasteiger partial charge in [-0.2, -0.15) is 0 Å². The van der Waals surface area contributed by atoms with Gasteiger partial charge in [0.25, 0.3) is 0 Å². The smallest absolute Gasteiger partial charge is 0.310 e. The van der Waals surface area contributed by atoms with E-state index in [-0.39, 0.29) is 12.3 Å². The van der Waals surface area contributed by atoms with Crippen LogP contribution in [0.4, 0.5) is 0 Å². The third kappa shape index (κ3) is 2.51. The van der Waals surface area contributed by atoms with Crippen LogP contribution in [0.1, 0.15) is 38.5 Å². The molecule has 18 heavy (non-hydrogen) atoms. The third-order valence-electron chi connectivity index (χ3n) is 4.48. The molecule has 2 rings (SSSR count). The number of hydrogen-bond donors (Lipinski definition) is 2. The van der Waals surface area contributed by atoms with Gasteiger partial charge >= 0.3 is 5.97 Å². The quantitative estimate of drug-likeness (QED) is 0.778. The SMILES string of the molecule is NCC1CCN(C(=O)CC2(C(=O)O)CCCC2)C1. The van der Waals surface area contributed by atoms with Gasteiger partial charge in [0, 0.05) is 19.5 Å². The Bertz CT molecular complexity index is 337. The summed E-state index contributed by atoms with van der Waals surface area (Å²) in [5, 5.41) is 9.36. The van der Waals surface area contributed by atoms with Crippen molar-refractivity contribution in [1.29, 1.82) is 0 Å². The number of likely N-dealkylation sites (tertiary alicyclic amines) is 1. The van der Waals surface area contributed by atoms with Crippen LogP contribution in [-0.2, 0) is 9.59 Å². The highest BCUT2D eigenvalue weighted by Gasteiger charge is 2.44. The van der Waals surface area contributed by atoms with E-state index >= 15 is 0 Å². The van der Waals surface area contributed by atoms with E-state index in [1.165, 1.54) is 0 Å². The molecule has 1 aliphatic heterocycles. The Labute approximate surface area is 107 Å². The van der Waals surface area contributed by atoms with Crippen molar-refractivity contribution < 1.29 is 14.7 Å². The predicted octanol–water partition coefficient (Wildman–Crippen LogP) is 0.829. The molecular formula is C13H22N2O3. The Balaban J connectivity index is 1.96. The van der Waals surface area contributed by atoms with E-state index in [1.807, 2.05) is 0 Å². The first-order valence-electron chi connectivity index (χ1n) is 6.79. The van der Waals surface area contributed by atoms with E-state index in [0.717, 1.165) is 25.8 Å². The zero-order valence-corrected chi connectivity index (χ0v) is 10.7. The number of carbonyl (C=O) groups excluding carboxylic acids is 1. The minimum atomic E-state index is -0.803. The van der Waals surface area contributed by atoms with Crippen LogP contribution in [0.15, 0.2) is 0 Å². The van der Waals surface area contributed by atoms with E-state index in [4.69, 9.17) is 5.73 Å². The summed E-state index contributed by atoms with van der Waals surface area (Å²) in [6.45, 7) is 2.04. The monoisotopic (exact) mass is 254 g/mol. The Hall–Kier alpha value is -1.10. The van der Waals surface area contributed by atoms with Gasteiger partial charge in [0.1, 0.15) is 0 Å². The molecule has 0 radical (unpaired) electrons. The standard InChI is InChI=1S/C13H22N2O3/c14-8-10-3-6-15(9-10)11(16)7-13(12(17)18)4-1-2-5-13/h10H,1-9,14H2,(H,17,18). The molecule has 1 saturated carbocycles. The number of carboxylic acid groups (broad SMARTS) is 1. The molecule has 1 heterocycles. The topological polar surface area (TPSA) is 83.6 Å². The summed E-state index contributed by atoms with van der Waals surface area (Å²) in [6, 6.07) is 0. The van der Waals surface area contributed by atoms with Crippen LogP contribution in [-0.4, -0.2) is 41.5 Å². The Morgan fingerprint density at radius 3 is 2.50 bits per heavy atom. The summed E-state index contributed by atoms with van der Waals surface area (Å²) in [6.07, 6.45) is 4.24. The maximum absolute atomic E-state index is 12.2. The van der Waals surface area contributed by atoms with Crippen LogP contribution in [0.2, 0.25) is 0 Å². The van der Waals surface area contributed by atoms with Crippen molar-refractivity contribution in [1.82, 2.24) is 4.90 Å². The number of carbonyl (C=O) groups is 2. The van der Waals surface area contributed by atoms with Gasteiger partial charge in [-0.15, -0.1) is 0 Å². The number of carboxylic acids is 1. The molecule has 1 atom stereocenters. The number of amides is 1. The van der Waals surface area contributed by atoms with Crippen LogP contribution >= 0.6 is 0 Å². The second-order valence-corrected chi connectivity index (χ2v) is 5.70. The van der Waals surface area contributed by atoms with E-state index < -0.39 is 11.4 Å². The highest BCUT2D eigenvalue weighted by molar-refractivity contribution is 5.85. The van der Waals surface area contributed by atoms with Gasteiger partial charge < -0.3 is 15.7 Å². The van der Waals surface area contributed by atoms with E-state index in [1.54, 1.807) is 4.90 Å². The van der Waals surface area contributed by atoms with Crippen LogP contribution in [0, 0.1) is 11.3 Å². The Morgan fingerprint density at radius 1 is 1.33 bits per heavy atom. The zero-order chi connectivity index (χ0) is 13.2. The van der Waals surface area contributed by atoms with Gasteiger partial charge in [-0.1, -0.05) is 12.8 Å². The molecule has 0 spiro atoms. The number of aliphatic carboxylic acids is 1. The number of nitrogens with zero attached hydrogens (tertiary/aromatic N) is 1. The molecular weight excluding hydrogens is 232 g/mol. The van der Waals surface area contributed by atoms with Crippen LogP contribution in [0.3, 0.4) is 0 Å². The van der Waals surface area contributed by atoms with E-state index in [2.05, 4.69) is 0 Å². The molecule has 0 aromatic carbocycles. The van der Waals surface area contributed by atoms with Gasteiger partial charge in [0.05, 0.1) is 5.41 Å². The number of hydrogen-bond acceptors (Lipinski definition) is 3. The lowest BCUT2D eigenvalue weighted by atomic mass is 9.82. The normalized spacial score (nSPS) is 26.5. The van der Waals surface area contributed by atoms with Gasteiger partial charge in [-0.05, 0) is 31.7 Å². The third-order valence-corrected chi connectivity index (χ3v) is 4.48. The van der Waals surface area contributed by atoms with Gasteiger partial charge in [0.2, 0.25) is 5.91 Å². The summed E-state index contributed by atoms with van der Waals surface area (Å²) >= 11 is 0. The van der Waals surface area contributed by atoms with Gasteiger partial charge in [-0.25, -0.2) is 0 Å². The number of nitrogens with two attached hydrogens (primary N) is 1. The first kappa shape index (κ1) is 13.3. The Kier molecular flexibility index (Phi) is 3.90. The van der Waals surface area contributed by atoms with Crippen LogP contribution in [0.5, 0.6) is 0 Å². The highest BCUT2D eigenvalue weighted by atomic mass is 16.4. The van der Waals surface area contributed by atoms with Crippen molar-refractivity contribution in [3.8, 4) is 0 Å². The molecule has 2 fully saturated rings. The van der Waals surface area contributed by atoms with Gasteiger partial charge in [0.15, 0.2) is 0 Å². The molecule has 1 amide bonds. The Morgan fingerprint density at radius 2 is 2.00 bits per heavy atom. The molecule has 2 aliphatic rings. The van der Waals surface area contributed by atoms with E-state index in [9.17, 15) is 14.7 Å². The van der Waals surface area contributed by atoms with Crippen LogP contribution in [0.25, 0.3) is 0 Å². The fraction of sp³-hybridized carbons (Fsp3) is 0.846. The minimum Gasteiger partial charge on any atom is -0.481 e. The molecule has 1 unspecified atom stereocenters. The van der Waals surface area contributed by atoms with Crippen molar-refractivity contribution in [3.05, 3.63) is 0 Å². The molecule has 1 saturated heterocycles. The largest absolute Gasteiger partial charge is 0.481 e. The summed E-state index contributed by atoms with van der Waals surface area (Å²) in [5.41, 5.74) is 4.81. The van der Waals surface area contributed by atoms with Crippen molar-refractivity contribution in [3.63, 3.8) is 0 Å². The maximum Gasteiger partial charge on any atom is 0.310 e. The fourth-order valence-corrected chi connectivity index (χ4v) is 3.17. The molecule has 5 heteroatoms. The average Bonchev–Trinajstić information content (AvgIpc) is 2.97. The minimum absolute atomic E-state index is 0.00440. The molecule has 5 nitrogen and oxygen atoms in total. The average molecular weight is 254 g/mol. The second kappa shape index (κ2) is 5.26. The molecule has 3 N–H and O–H groups in total. The number of rotatable bonds is 4.